The van der Waals surface area contributed by atoms with Gasteiger partial charge in [0.1, 0.15) is 5.41 Å². The van der Waals surface area contributed by atoms with Crippen molar-refractivity contribution in [3.63, 3.8) is 0 Å². The van der Waals surface area contributed by atoms with E-state index in [1.54, 1.807) is 0 Å². The molecule has 0 spiro atoms. The number of rotatable bonds is 6. The van der Waals surface area contributed by atoms with Crippen molar-refractivity contribution in [3.8, 4) is 6.07 Å². The largest absolute Gasteiger partial charge is 0.417 e. The second kappa shape index (κ2) is 9.99. The first-order chi connectivity index (χ1) is 16.6. The van der Waals surface area contributed by atoms with Gasteiger partial charge in [-0.25, -0.2) is 4.90 Å². The van der Waals surface area contributed by atoms with E-state index in [2.05, 4.69) is 10.6 Å². The van der Waals surface area contributed by atoms with Gasteiger partial charge in [-0.2, -0.15) is 18.4 Å². The molecule has 4 unspecified atom stereocenters. The number of halogens is 4. The Morgan fingerprint density at radius 1 is 1.43 bits per heavy atom. The molecule has 1 saturated carbocycles. The summed E-state index contributed by atoms with van der Waals surface area (Å²) in [6, 6.07) is 5.18. The molecule has 1 aromatic rings. The van der Waals surface area contributed by atoms with Gasteiger partial charge in [-0.05, 0) is 31.0 Å². The highest BCUT2D eigenvalue weighted by atomic mass is 35.5. The lowest BCUT2D eigenvalue weighted by Crippen LogP contribution is -2.65. The summed E-state index contributed by atoms with van der Waals surface area (Å²) in [5.74, 6) is -0.785. The maximum absolute atomic E-state index is 13.7. The predicted octanol–water partition coefficient (Wildman–Crippen LogP) is 1.76. The molecule has 35 heavy (non-hydrogen) atoms. The number of carbonyl (C=O) groups is 1. The first kappa shape index (κ1) is 25.8. The number of nitrogens with one attached hydrogen (secondary N) is 2. The summed E-state index contributed by atoms with van der Waals surface area (Å²) in [6.07, 6.45) is -5.54. The van der Waals surface area contributed by atoms with E-state index in [1.165, 1.54) is 6.07 Å². The minimum atomic E-state index is -4.67. The topological polar surface area (TPSA) is 123 Å². The first-order valence-electron chi connectivity index (χ1n) is 11.4. The van der Waals surface area contributed by atoms with Crippen LogP contribution in [0.25, 0.3) is 0 Å². The summed E-state index contributed by atoms with van der Waals surface area (Å²) in [5, 5.41) is 14.7. The lowest BCUT2D eigenvalue weighted by molar-refractivity contribution is -0.672. The van der Waals surface area contributed by atoms with E-state index in [1.807, 2.05) is 11.0 Å². The number of nitriles is 1. The van der Waals surface area contributed by atoms with Crippen LogP contribution in [0.4, 0.5) is 13.2 Å². The zero-order chi connectivity index (χ0) is 25.4. The third-order valence-electron chi connectivity index (χ3n) is 6.93. The smallest absolute Gasteiger partial charge is 0.378 e. The lowest BCUT2D eigenvalue weighted by atomic mass is 9.96. The van der Waals surface area contributed by atoms with E-state index < -0.39 is 40.4 Å². The third kappa shape index (κ3) is 5.15. The van der Waals surface area contributed by atoms with Crippen molar-refractivity contribution in [3.05, 3.63) is 39.3 Å². The number of nitroso groups, excluding NO2 is 1. The molecule has 2 heterocycles. The molecule has 1 aromatic carbocycles. The number of ether oxygens (including phenoxy) is 1. The maximum Gasteiger partial charge on any atom is 0.417 e. The Morgan fingerprint density at radius 3 is 2.80 bits per heavy atom. The predicted molar refractivity (Wildman–Crippen MR) is 119 cm³/mol. The second-order valence-corrected chi connectivity index (χ2v) is 9.59. The standard InChI is InChI=1S/C22H26ClF3N6O3/c23-17-2-1-13(7-16(17)22(24,25)26)18-29-9-14(10-30-20(33)21(12-28)3-4-21)19(32(18)34)31-5-6-35-11-15(31)8-27/h1-2,7,14-15,18-19,29H,3-6,8-11,27H2/p+1. The van der Waals surface area contributed by atoms with Crippen molar-refractivity contribution in [2.75, 3.05) is 39.4 Å². The van der Waals surface area contributed by atoms with Crippen LogP contribution < -0.4 is 16.4 Å². The van der Waals surface area contributed by atoms with Crippen LogP contribution in [0, 0.1) is 27.6 Å². The SMILES string of the molecule is N#CC1(C(=O)NCC2CNC(c3ccc(Cl)c(C(F)(F)F)c3)[N+](=O)C2N2CCOCC2CN)CC1. The number of carbonyl (C=O) groups excluding carboxylic acids is 1. The van der Waals surface area contributed by atoms with Gasteiger partial charge in [0.05, 0.1) is 41.8 Å². The summed E-state index contributed by atoms with van der Waals surface area (Å²) in [7, 11) is 0. The zero-order valence-electron chi connectivity index (χ0n) is 18.9. The molecule has 0 radical (unpaired) electrons. The summed E-state index contributed by atoms with van der Waals surface area (Å²) in [4.78, 5) is 28.1. The van der Waals surface area contributed by atoms with Crippen LogP contribution in [0.5, 0.6) is 0 Å². The van der Waals surface area contributed by atoms with E-state index in [-0.39, 0.29) is 37.1 Å². The van der Waals surface area contributed by atoms with Crippen molar-refractivity contribution >= 4 is 17.5 Å². The monoisotopic (exact) mass is 515 g/mol. The molecule has 0 bridgehead atoms. The van der Waals surface area contributed by atoms with Crippen LogP contribution in [0.3, 0.4) is 0 Å². The molecular formula is C22H27ClF3N6O3+. The van der Waals surface area contributed by atoms with Gasteiger partial charge >= 0.3 is 6.18 Å². The van der Waals surface area contributed by atoms with E-state index >= 15 is 0 Å². The highest BCUT2D eigenvalue weighted by molar-refractivity contribution is 6.31. The first-order valence-corrected chi connectivity index (χ1v) is 11.8. The average molecular weight is 516 g/mol. The van der Waals surface area contributed by atoms with Gasteiger partial charge in [-0.1, -0.05) is 11.6 Å². The average Bonchev–Trinajstić information content (AvgIpc) is 3.64. The van der Waals surface area contributed by atoms with E-state index in [9.17, 15) is 28.1 Å². The molecule has 2 aliphatic heterocycles. The van der Waals surface area contributed by atoms with E-state index in [0.29, 0.717) is 32.6 Å². The van der Waals surface area contributed by atoms with Gasteiger partial charge in [0.25, 0.3) is 12.3 Å². The summed E-state index contributed by atoms with van der Waals surface area (Å²) in [6.45, 7) is 1.67. The molecule has 4 N–H and O–H groups in total. The summed E-state index contributed by atoms with van der Waals surface area (Å²) < 4.78 is 46.5. The van der Waals surface area contributed by atoms with Gasteiger partial charge < -0.3 is 15.8 Å². The number of hydrogen-bond donors (Lipinski definition) is 3. The number of nitrogens with zero attached hydrogens (tertiary/aromatic N) is 3. The molecule has 2 saturated heterocycles. The number of morpholine rings is 1. The molecule has 1 aliphatic carbocycles. The van der Waals surface area contributed by atoms with Crippen molar-refractivity contribution in [2.24, 2.45) is 17.1 Å². The number of nitrogens with two attached hydrogens (primary N) is 1. The van der Waals surface area contributed by atoms with Gasteiger partial charge in [-0.15, -0.1) is 0 Å². The van der Waals surface area contributed by atoms with Gasteiger partial charge in [-0.3, -0.25) is 10.1 Å². The van der Waals surface area contributed by atoms with Crippen molar-refractivity contribution < 1.29 is 27.5 Å². The Morgan fingerprint density at radius 2 is 2.17 bits per heavy atom. The highest BCUT2D eigenvalue weighted by Gasteiger charge is 2.53. The Labute approximate surface area is 205 Å². The van der Waals surface area contributed by atoms with Gasteiger partial charge in [0.15, 0.2) is 0 Å². The van der Waals surface area contributed by atoms with Crippen molar-refractivity contribution in [2.45, 2.75) is 37.4 Å². The number of alkyl halides is 3. The third-order valence-corrected chi connectivity index (χ3v) is 7.26. The molecular weight excluding hydrogens is 489 g/mol. The number of benzene rings is 1. The maximum atomic E-state index is 13.7. The molecule has 0 aromatic heterocycles. The van der Waals surface area contributed by atoms with Crippen LogP contribution in [0.1, 0.15) is 30.1 Å². The van der Waals surface area contributed by atoms with Crippen molar-refractivity contribution in [1.82, 2.24) is 15.5 Å². The van der Waals surface area contributed by atoms with Crippen LogP contribution in [0.2, 0.25) is 5.02 Å². The van der Waals surface area contributed by atoms with Crippen LogP contribution in [-0.4, -0.2) is 67.2 Å². The van der Waals surface area contributed by atoms with Crippen LogP contribution in [-0.2, 0) is 15.7 Å². The fraction of sp³-hybridized carbons (Fsp3) is 0.636. The molecule has 3 aliphatic rings. The zero-order valence-corrected chi connectivity index (χ0v) is 19.6. The second-order valence-electron chi connectivity index (χ2n) is 9.19. The van der Waals surface area contributed by atoms with E-state index in [4.69, 9.17) is 22.1 Å². The minimum absolute atomic E-state index is 0.120. The normalized spacial score (nSPS) is 28.9. The molecule has 4 atom stereocenters. The molecule has 3 fully saturated rings. The van der Waals surface area contributed by atoms with Crippen LogP contribution >= 0.6 is 11.6 Å². The fourth-order valence-corrected chi connectivity index (χ4v) is 4.96. The molecule has 1 amide bonds. The number of hydrogen-bond acceptors (Lipinski definition) is 7. The summed E-state index contributed by atoms with van der Waals surface area (Å²) >= 11 is 5.76. The molecule has 4 rings (SSSR count). The Hall–Kier alpha value is -2.30. The van der Waals surface area contributed by atoms with Gasteiger partial charge in [0.2, 0.25) is 5.91 Å². The van der Waals surface area contributed by atoms with Gasteiger partial charge in [0, 0.05) is 41.4 Å². The van der Waals surface area contributed by atoms with Crippen LogP contribution in [0.15, 0.2) is 18.2 Å². The molecule has 13 heteroatoms. The Kier molecular flexibility index (Phi) is 7.36. The molecule has 190 valence electrons. The molecule has 9 nitrogen and oxygen atoms in total. The fourth-order valence-electron chi connectivity index (χ4n) is 4.74. The summed E-state index contributed by atoms with van der Waals surface area (Å²) in [5.41, 5.74) is 4.03. The Balaban J connectivity index is 1.60. The highest BCUT2D eigenvalue weighted by Crippen LogP contribution is 2.45. The van der Waals surface area contributed by atoms with E-state index in [0.717, 1.165) is 16.9 Å². The minimum Gasteiger partial charge on any atom is -0.378 e. The quantitative estimate of drug-likeness (QED) is 0.493. The number of amides is 1. The van der Waals surface area contributed by atoms with Crippen molar-refractivity contribution in [1.29, 1.82) is 5.26 Å². The lowest BCUT2D eigenvalue weighted by Gasteiger charge is -2.41. The Bertz CT molecular complexity index is 1030.